The Hall–Kier alpha value is -1.47. The average molecular weight is 401 g/mol. The van der Waals surface area contributed by atoms with Gasteiger partial charge in [0, 0.05) is 0 Å². The quantitative estimate of drug-likeness (QED) is 0.567. The second-order valence-electron chi connectivity index (χ2n) is 5.45. The van der Waals surface area contributed by atoms with E-state index < -0.39 is 7.49 Å². The van der Waals surface area contributed by atoms with Crippen LogP contribution < -0.4 is 32.9 Å². The molecule has 0 unspecified atom stereocenters. The van der Waals surface area contributed by atoms with Crippen molar-refractivity contribution >= 4 is 23.4 Å². The lowest BCUT2D eigenvalue weighted by atomic mass is 10.4. The fraction of sp³-hybridized carbons (Fsp3) is 0.143. The van der Waals surface area contributed by atoms with Gasteiger partial charge in [-0.05, 0) is 42.8 Å². The summed E-state index contributed by atoms with van der Waals surface area (Å²) in [4.78, 5) is 0. The van der Waals surface area contributed by atoms with E-state index in [4.69, 9.17) is 4.52 Å². The maximum Gasteiger partial charge on any atom is 0.242 e. The maximum absolute atomic E-state index is 6.65. The van der Waals surface area contributed by atoms with Gasteiger partial charge in [0.2, 0.25) is 7.49 Å². The van der Waals surface area contributed by atoms with E-state index in [1.165, 1.54) is 15.9 Å². The highest BCUT2D eigenvalue weighted by Crippen LogP contribution is 2.56. The van der Waals surface area contributed by atoms with Gasteiger partial charge < -0.3 is 17.0 Å². The summed E-state index contributed by atoms with van der Waals surface area (Å²) in [7, 11) is -2.07. The van der Waals surface area contributed by atoms with Crippen molar-refractivity contribution in [3.8, 4) is 0 Å². The summed E-state index contributed by atoms with van der Waals surface area (Å²) in [5.41, 5.74) is 0. The highest BCUT2D eigenvalue weighted by molar-refractivity contribution is 7.91. The molecule has 124 valence electrons. The molecule has 3 aromatic rings. The molecular formula is C21H22BrOP. The fourth-order valence-electron chi connectivity index (χ4n) is 2.81. The molecule has 0 aliphatic heterocycles. The number of rotatable bonds is 6. The first-order chi connectivity index (χ1) is 11.4. The van der Waals surface area contributed by atoms with Crippen LogP contribution in [0.3, 0.4) is 0 Å². The zero-order chi connectivity index (χ0) is 16.0. The second-order valence-corrected chi connectivity index (χ2v) is 8.48. The molecule has 0 aromatic heterocycles. The summed E-state index contributed by atoms with van der Waals surface area (Å²) in [6, 6.07) is 32.0. The molecule has 0 fully saturated rings. The first kappa shape index (κ1) is 18.9. The minimum Gasteiger partial charge on any atom is -1.00 e. The summed E-state index contributed by atoms with van der Waals surface area (Å²) in [6.07, 6.45) is 1.01. The number of benzene rings is 3. The van der Waals surface area contributed by atoms with Crippen molar-refractivity contribution in [1.82, 2.24) is 0 Å². The number of halogens is 1. The first-order valence-corrected chi connectivity index (χ1v) is 9.79. The maximum atomic E-state index is 6.65. The number of hydrogen-bond donors (Lipinski definition) is 0. The Morgan fingerprint density at radius 3 is 1.25 bits per heavy atom. The lowest BCUT2D eigenvalue weighted by Gasteiger charge is -2.25. The zero-order valence-corrected chi connectivity index (χ0v) is 16.3. The predicted molar refractivity (Wildman–Crippen MR) is 101 cm³/mol. The van der Waals surface area contributed by atoms with Crippen molar-refractivity contribution in [3.63, 3.8) is 0 Å². The van der Waals surface area contributed by atoms with Gasteiger partial charge in [-0.25, -0.2) is 4.52 Å². The van der Waals surface area contributed by atoms with E-state index >= 15 is 0 Å². The standard InChI is InChI=1S/C21H22OP.BrH/c1-2-18-22-23(19-12-6-3-7-13-19,20-14-8-4-9-15-20)21-16-10-5-11-17-21;/h3-17H,2,18H2,1H3;1H/q+1;/p-1. The van der Waals surface area contributed by atoms with Crippen LogP contribution in [0.5, 0.6) is 0 Å². The normalized spacial score (nSPS) is 10.9. The molecule has 0 atom stereocenters. The van der Waals surface area contributed by atoms with Gasteiger partial charge >= 0.3 is 0 Å². The Labute approximate surface area is 155 Å². The molecule has 0 saturated heterocycles. The Kier molecular flexibility index (Phi) is 7.17. The molecular weight excluding hydrogens is 379 g/mol. The first-order valence-electron chi connectivity index (χ1n) is 8.08. The molecule has 0 aliphatic carbocycles. The van der Waals surface area contributed by atoms with Crippen LogP contribution >= 0.6 is 7.49 Å². The predicted octanol–water partition coefficient (Wildman–Crippen LogP) is 1.33. The Bertz CT molecular complexity index is 620. The minimum absolute atomic E-state index is 0. The molecule has 3 aromatic carbocycles. The van der Waals surface area contributed by atoms with Gasteiger partial charge in [0.1, 0.15) is 15.9 Å². The van der Waals surface area contributed by atoms with Crippen LogP contribution in [0.25, 0.3) is 0 Å². The van der Waals surface area contributed by atoms with Gasteiger partial charge in [0.05, 0.1) is 6.61 Å². The van der Waals surface area contributed by atoms with Crippen molar-refractivity contribution in [2.45, 2.75) is 13.3 Å². The average Bonchev–Trinajstić information content (AvgIpc) is 2.65. The van der Waals surface area contributed by atoms with Gasteiger partial charge in [-0.15, -0.1) is 0 Å². The number of hydrogen-bond acceptors (Lipinski definition) is 1. The van der Waals surface area contributed by atoms with Crippen molar-refractivity contribution < 1.29 is 21.5 Å². The van der Waals surface area contributed by atoms with E-state index in [9.17, 15) is 0 Å². The molecule has 3 heteroatoms. The van der Waals surface area contributed by atoms with Crippen LogP contribution in [-0.2, 0) is 4.52 Å². The molecule has 0 heterocycles. The van der Waals surface area contributed by atoms with Crippen LogP contribution in [0.4, 0.5) is 0 Å². The lowest BCUT2D eigenvalue weighted by molar-refractivity contribution is -0.00000511. The van der Waals surface area contributed by atoms with E-state index in [0.29, 0.717) is 0 Å². The van der Waals surface area contributed by atoms with E-state index in [-0.39, 0.29) is 17.0 Å². The smallest absolute Gasteiger partial charge is 0.242 e. The van der Waals surface area contributed by atoms with Crippen LogP contribution in [-0.4, -0.2) is 6.61 Å². The van der Waals surface area contributed by atoms with Crippen molar-refractivity contribution in [2.24, 2.45) is 0 Å². The molecule has 0 radical (unpaired) electrons. The monoisotopic (exact) mass is 400 g/mol. The molecule has 0 bridgehead atoms. The van der Waals surface area contributed by atoms with E-state index in [0.717, 1.165) is 13.0 Å². The minimum atomic E-state index is -2.07. The fourth-order valence-corrected chi connectivity index (χ4v) is 6.39. The third kappa shape index (κ3) is 3.78. The molecule has 0 spiro atoms. The molecule has 0 aliphatic rings. The van der Waals surface area contributed by atoms with Crippen LogP contribution in [0.2, 0.25) is 0 Å². The van der Waals surface area contributed by atoms with Gasteiger partial charge in [-0.2, -0.15) is 0 Å². The Morgan fingerprint density at radius 1 is 0.625 bits per heavy atom. The van der Waals surface area contributed by atoms with E-state index in [1.807, 2.05) is 0 Å². The molecule has 0 N–H and O–H groups in total. The van der Waals surface area contributed by atoms with E-state index in [1.54, 1.807) is 0 Å². The van der Waals surface area contributed by atoms with Crippen molar-refractivity contribution in [3.05, 3.63) is 91.0 Å². The SMILES string of the molecule is CCCO[P+](c1ccccc1)(c1ccccc1)c1ccccc1.[Br-]. The summed E-state index contributed by atoms with van der Waals surface area (Å²) >= 11 is 0. The summed E-state index contributed by atoms with van der Waals surface area (Å²) in [6.45, 7) is 2.92. The highest BCUT2D eigenvalue weighted by Gasteiger charge is 2.47. The van der Waals surface area contributed by atoms with Crippen LogP contribution in [0.15, 0.2) is 91.0 Å². The van der Waals surface area contributed by atoms with Crippen molar-refractivity contribution in [2.75, 3.05) is 6.61 Å². The van der Waals surface area contributed by atoms with E-state index in [2.05, 4.69) is 97.9 Å². The second kappa shape index (κ2) is 9.13. The zero-order valence-electron chi connectivity index (χ0n) is 13.8. The van der Waals surface area contributed by atoms with Gasteiger partial charge in [0.15, 0.2) is 0 Å². The van der Waals surface area contributed by atoms with Crippen molar-refractivity contribution in [1.29, 1.82) is 0 Å². The van der Waals surface area contributed by atoms with Gasteiger partial charge in [-0.1, -0.05) is 61.5 Å². The summed E-state index contributed by atoms with van der Waals surface area (Å²) < 4.78 is 6.65. The third-order valence-corrected chi connectivity index (χ3v) is 7.49. The third-order valence-electron chi connectivity index (χ3n) is 3.85. The van der Waals surface area contributed by atoms with Crippen LogP contribution in [0, 0.1) is 0 Å². The molecule has 3 rings (SSSR count). The highest BCUT2D eigenvalue weighted by atomic mass is 79.9. The molecule has 1 nitrogen and oxygen atoms in total. The lowest BCUT2D eigenvalue weighted by Crippen LogP contribution is -3.00. The Balaban J connectivity index is 0.00000208. The van der Waals surface area contributed by atoms with Crippen LogP contribution in [0.1, 0.15) is 13.3 Å². The Morgan fingerprint density at radius 2 is 0.958 bits per heavy atom. The summed E-state index contributed by atoms with van der Waals surface area (Å²) in [5, 5.41) is 3.81. The molecule has 0 saturated carbocycles. The van der Waals surface area contributed by atoms with Gasteiger partial charge in [-0.3, -0.25) is 0 Å². The summed E-state index contributed by atoms with van der Waals surface area (Å²) in [5.74, 6) is 0. The largest absolute Gasteiger partial charge is 1.00 e. The molecule has 0 amide bonds. The van der Waals surface area contributed by atoms with Gasteiger partial charge in [0.25, 0.3) is 0 Å². The molecule has 24 heavy (non-hydrogen) atoms. The topological polar surface area (TPSA) is 9.23 Å².